The Labute approximate surface area is 90.5 Å². The lowest BCUT2D eigenvalue weighted by Crippen LogP contribution is -2.33. The van der Waals surface area contributed by atoms with E-state index in [1.807, 2.05) is 0 Å². The summed E-state index contributed by atoms with van der Waals surface area (Å²) in [6, 6.07) is 0. The molecule has 16 heavy (non-hydrogen) atoms. The molecule has 0 bridgehead atoms. The molecule has 6 nitrogen and oxygen atoms in total. The third kappa shape index (κ3) is 1.97. The SMILES string of the molecule is NC1=NC(=O)C([C@H]2CO[C@H](CO)O2)C=C1F. The lowest BCUT2D eigenvalue weighted by molar-refractivity contribution is -0.127. The highest BCUT2D eigenvalue weighted by Gasteiger charge is 2.37. The first-order chi connectivity index (χ1) is 7.61. The van der Waals surface area contributed by atoms with Crippen molar-refractivity contribution in [1.29, 1.82) is 0 Å². The molecule has 88 valence electrons. The minimum Gasteiger partial charge on any atom is -0.391 e. The standard InChI is InChI=1S/C9H11FN2O4/c10-5-1-4(9(14)12-8(5)11)6-3-15-7(2-13)16-6/h1,4,6-7,13H,2-3H2,(H2,11,12,14)/t4?,6-,7+/m1/s1. The zero-order valence-electron chi connectivity index (χ0n) is 8.30. The summed E-state index contributed by atoms with van der Waals surface area (Å²) in [4.78, 5) is 14.8. The molecule has 3 N–H and O–H groups in total. The van der Waals surface area contributed by atoms with E-state index in [0.29, 0.717) is 0 Å². The van der Waals surface area contributed by atoms with Gasteiger partial charge in [-0.15, -0.1) is 0 Å². The molecular formula is C9H11FN2O4. The minimum atomic E-state index is -0.844. The smallest absolute Gasteiger partial charge is 0.257 e. The third-order valence-electron chi connectivity index (χ3n) is 2.41. The Hall–Kier alpha value is -1.31. The number of ether oxygens (including phenoxy) is 2. The predicted molar refractivity (Wildman–Crippen MR) is 51.0 cm³/mol. The maximum Gasteiger partial charge on any atom is 0.257 e. The van der Waals surface area contributed by atoms with Crippen molar-refractivity contribution in [3.05, 3.63) is 11.9 Å². The highest BCUT2D eigenvalue weighted by Crippen LogP contribution is 2.24. The molecule has 1 amide bonds. The van der Waals surface area contributed by atoms with Crippen LogP contribution >= 0.6 is 0 Å². The molecule has 2 aliphatic rings. The highest BCUT2D eigenvalue weighted by atomic mass is 19.1. The second-order valence-corrected chi connectivity index (χ2v) is 3.50. The Bertz CT molecular complexity index is 369. The van der Waals surface area contributed by atoms with Gasteiger partial charge in [0.1, 0.15) is 0 Å². The number of nitrogens with zero attached hydrogens (tertiary/aromatic N) is 1. The number of carbonyl (C=O) groups excluding carboxylic acids is 1. The maximum atomic E-state index is 13.1. The van der Waals surface area contributed by atoms with Crippen molar-refractivity contribution < 1.29 is 23.8 Å². The van der Waals surface area contributed by atoms with Gasteiger partial charge in [-0.25, -0.2) is 4.39 Å². The summed E-state index contributed by atoms with van der Waals surface area (Å²) in [5.41, 5.74) is 5.16. The van der Waals surface area contributed by atoms with Gasteiger partial charge >= 0.3 is 0 Å². The van der Waals surface area contributed by atoms with E-state index in [9.17, 15) is 9.18 Å². The van der Waals surface area contributed by atoms with Crippen molar-refractivity contribution in [2.24, 2.45) is 16.6 Å². The van der Waals surface area contributed by atoms with Crippen LogP contribution in [0.2, 0.25) is 0 Å². The van der Waals surface area contributed by atoms with E-state index in [1.54, 1.807) is 0 Å². The molecule has 1 fully saturated rings. The number of aliphatic imine (C=N–C) groups is 1. The van der Waals surface area contributed by atoms with Crippen LogP contribution in [0.4, 0.5) is 4.39 Å². The van der Waals surface area contributed by atoms with Crippen LogP contribution in [0.1, 0.15) is 0 Å². The average molecular weight is 230 g/mol. The third-order valence-corrected chi connectivity index (χ3v) is 2.41. The molecule has 0 saturated carbocycles. The Balaban J connectivity index is 2.09. The first-order valence-electron chi connectivity index (χ1n) is 4.75. The van der Waals surface area contributed by atoms with Crippen LogP contribution < -0.4 is 5.73 Å². The number of carbonyl (C=O) groups is 1. The van der Waals surface area contributed by atoms with Crippen LogP contribution in [0.25, 0.3) is 0 Å². The van der Waals surface area contributed by atoms with Gasteiger partial charge in [-0.2, -0.15) is 4.99 Å². The number of halogens is 1. The Morgan fingerprint density at radius 2 is 2.44 bits per heavy atom. The lowest BCUT2D eigenvalue weighted by atomic mass is 9.99. The van der Waals surface area contributed by atoms with Crippen LogP contribution in [0, 0.1) is 5.92 Å². The van der Waals surface area contributed by atoms with Gasteiger partial charge < -0.3 is 20.3 Å². The molecule has 0 aromatic rings. The lowest BCUT2D eigenvalue weighted by Gasteiger charge is -2.18. The van der Waals surface area contributed by atoms with Gasteiger partial charge in [0.2, 0.25) is 0 Å². The van der Waals surface area contributed by atoms with E-state index >= 15 is 0 Å². The fraction of sp³-hybridized carbons (Fsp3) is 0.556. The molecule has 0 aliphatic carbocycles. The summed E-state index contributed by atoms with van der Waals surface area (Å²) in [6.45, 7) is -0.199. The number of aliphatic hydroxyl groups excluding tert-OH is 1. The topological polar surface area (TPSA) is 94.1 Å². The normalized spacial score (nSPS) is 34.9. The summed E-state index contributed by atoms with van der Waals surface area (Å²) in [5, 5.41) is 8.77. The Morgan fingerprint density at radius 1 is 1.69 bits per heavy atom. The molecule has 7 heteroatoms. The molecule has 0 radical (unpaired) electrons. The number of aliphatic hydroxyl groups is 1. The second-order valence-electron chi connectivity index (χ2n) is 3.50. The van der Waals surface area contributed by atoms with Crippen molar-refractivity contribution in [1.82, 2.24) is 0 Å². The van der Waals surface area contributed by atoms with Crippen molar-refractivity contribution in [3.63, 3.8) is 0 Å². The van der Waals surface area contributed by atoms with Crippen molar-refractivity contribution in [2.75, 3.05) is 13.2 Å². The fourth-order valence-corrected chi connectivity index (χ4v) is 1.59. The van der Waals surface area contributed by atoms with Crippen molar-refractivity contribution in [3.8, 4) is 0 Å². The molecule has 1 unspecified atom stereocenters. The number of hydrogen-bond donors (Lipinski definition) is 2. The van der Waals surface area contributed by atoms with Crippen LogP contribution in [0.15, 0.2) is 16.9 Å². The average Bonchev–Trinajstić information content (AvgIpc) is 2.71. The van der Waals surface area contributed by atoms with Crippen molar-refractivity contribution in [2.45, 2.75) is 12.4 Å². The summed E-state index contributed by atoms with van der Waals surface area (Å²) in [5.74, 6) is -2.56. The number of amides is 1. The molecule has 0 aromatic carbocycles. The van der Waals surface area contributed by atoms with E-state index < -0.39 is 35.9 Å². The summed E-state index contributed by atoms with van der Waals surface area (Å²) >= 11 is 0. The second kappa shape index (κ2) is 4.28. The predicted octanol–water partition coefficient (Wildman–Crippen LogP) is -0.913. The number of nitrogens with two attached hydrogens (primary N) is 1. The zero-order valence-corrected chi connectivity index (χ0v) is 8.30. The van der Waals surface area contributed by atoms with Gasteiger partial charge in [0.25, 0.3) is 5.91 Å². The molecule has 0 aromatic heterocycles. The number of dihydropyridines is 1. The number of amidine groups is 1. The molecule has 2 aliphatic heterocycles. The van der Waals surface area contributed by atoms with E-state index in [-0.39, 0.29) is 13.2 Å². The minimum absolute atomic E-state index is 0.112. The van der Waals surface area contributed by atoms with Crippen LogP contribution in [-0.2, 0) is 14.3 Å². The summed E-state index contributed by atoms with van der Waals surface area (Å²) in [7, 11) is 0. The van der Waals surface area contributed by atoms with E-state index in [0.717, 1.165) is 6.08 Å². The van der Waals surface area contributed by atoms with Crippen LogP contribution in [-0.4, -0.2) is 42.5 Å². The highest BCUT2D eigenvalue weighted by molar-refractivity contribution is 6.06. The zero-order chi connectivity index (χ0) is 11.7. The van der Waals surface area contributed by atoms with E-state index in [1.165, 1.54) is 0 Å². The fourth-order valence-electron chi connectivity index (χ4n) is 1.59. The Kier molecular flexibility index (Phi) is 2.99. The summed E-state index contributed by atoms with van der Waals surface area (Å²) in [6.07, 6.45) is -0.330. The van der Waals surface area contributed by atoms with Gasteiger partial charge in [0, 0.05) is 0 Å². The van der Waals surface area contributed by atoms with Gasteiger partial charge in [-0.3, -0.25) is 4.79 Å². The molecular weight excluding hydrogens is 219 g/mol. The molecule has 2 rings (SSSR count). The first kappa shape index (κ1) is 11.2. The monoisotopic (exact) mass is 230 g/mol. The van der Waals surface area contributed by atoms with Gasteiger partial charge in [0.15, 0.2) is 18.0 Å². The molecule has 2 heterocycles. The summed E-state index contributed by atoms with van der Waals surface area (Å²) < 4.78 is 23.4. The van der Waals surface area contributed by atoms with Gasteiger partial charge in [-0.05, 0) is 6.08 Å². The Morgan fingerprint density at radius 3 is 3.06 bits per heavy atom. The van der Waals surface area contributed by atoms with Gasteiger partial charge in [-0.1, -0.05) is 0 Å². The van der Waals surface area contributed by atoms with Crippen LogP contribution in [0.3, 0.4) is 0 Å². The maximum absolute atomic E-state index is 13.1. The van der Waals surface area contributed by atoms with Gasteiger partial charge in [0.05, 0.1) is 25.2 Å². The molecule has 0 spiro atoms. The molecule has 1 saturated heterocycles. The first-order valence-corrected chi connectivity index (χ1v) is 4.75. The van der Waals surface area contributed by atoms with Crippen LogP contribution in [0.5, 0.6) is 0 Å². The quantitative estimate of drug-likeness (QED) is 0.640. The number of rotatable bonds is 2. The van der Waals surface area contributed by atoms with Crippen molar-refractivity contribution >= 4 is 11.7 Å². The molecule has 3 atom stereocenters. The largest absolute Gasteiger partial charge is 0.391 e. The van der Waals surface area contributed by atoms with E-state index in [4.69, 9.17) is 20.3 Å². The number of hydrogen-bond acceptors (Lipinski definition) is 5. The van der Waals surface area contributed by atoms with E-state index in [2.05, 4.69) is 4.99 Å².